The molecule has 1 heterocycles. The van der Waals surface area contributed by atoms with Gasteiger partial charge in [-0.25, -0.2) is 13.1 Å². The fourth-order valence-corrected chi connectivity index (χ4v) is 4.88. The number of benzene rings is 2. The molecule has 0 saturated carbocycles. The lowest BCUT2D eigenvalue weighted by atomic mass is 10.2. The Labute approximate surface area is 196 Å². The van der Waals surface area contributed by atoms with Crippen LogP contribution >= 0.6 is 0 Å². The third-order valence-corrected chi connectivity index (χ3v) is 7.23. The summed E-state index contributed by atoms with van der Waals surface area (Å²) in [6, 6.07) is 15.4. The first-order valence-corrected chi connectivity index (χ1v) is 12.8. The second-order valence-corrected chi connectivity index (χ2v) is 9.74. The molecule has 1 aliphatic rings. The molecule has 1 fully saturated rings. The van der Waals surface area contributed by atoms with Gasteiger partial charge < -0.3 is 9.80 Å². The molecule has 0 spiro atoms. The summed E-state index contributed by atoms with van der Waals surface area (Å²) in [5, 5.41) is 0. The first-order chi connectivity index (χ1) is 15.8. The van der Waals surface area contributed by atoms with E-state index in [0.717, 1.165) is 5.56 Å². The Bertz CT molecular complexity index is 1050. The number of nitrogens with zero attached hydrogens (tertiary/aromatic N) is 3. The molecule has 0 atom stereocenters. The fraction of sp³-hybridized carbons (Fsp3) is 0.417. The number of carbonyl (C=O) groups is 2. The quantitative estimate of drug-likeness (QED) is 0.601. The fourth-order valence-electron chi connectivity index (χ4n) is 3.81. The molecule has 2 aromatic rings. The van der Waals surface area contributed by atoms with Gasteiger partial charge in [0.15, 0.2) is 0 Å². The van der Waals surface area contributed by atoms with Gasteiger partial charge in [0.25, 0.3) is 5.91 Å². The van der Waals surface area contributed by atoms with Crippen molar-refractivity contribution < 1.29 is 18.0 Å². The molecular formula is C24H32N4O4S. The number of carbonyl (C=O) groups excluding carboxylic acids is 2. The number of piperazine rings is 1. The number of hydrogen-bond donors (Lipinski definition) is 1. The average Bonchev–Trinajstić information content (AvgIpc) is 2.84. The summed E-state index contributed by atoms with van der Waals surface area (Å²) in [6.45, 7) is 8.03. The Morgan fingerprint density at radius 3 is 2.24 bits per heavy atom. The number of nitrogens with one attached hydrogen (secondary N) is 1. The molecule has 0 aromatic heterocycles. The van der Waals surface area contributed by atoms with E-state index in [9.17, 15) is 18.0 Å². The largest absolute Gasteiger partial charge is 0.342 e. The molecule has 1 saturated heterocycles. The van der Waals surface area contributed by atoms with Crippen LogP contribution < -0.4 is 4.72 Å². The summed E-state index contributed by atoms with van der Waals surface area (Å²) in [5.74, 6) is -0.106. The Morgan fingerprint density at radius 1 is 0.939 bits per heavy atom. The number of amides is 2. The molecule has 33 heavy (non-hydrogen) atoms. The van der Waals surface area contributed by atoms with Crippen LogP contribution in [0.15, 0.2) is 59.5 Å². The molecular weight excluding hydrogens is 440 g/mol. The minimum absolute atomic E-state index is 0.0627. The van der Waals surface area contributed by atoms with Crippen LogP contribution in [-0.4, -0.2) is 80.7 Å². The van der Waals surface area contributed by atoms with E-state index >= 15 is 0 Å². The highest BCUT2D eigenvalue weighted by Gasteiger charge is 2.25. The zero-order valence-corrected chi connectivity index (χ0v) is 20.1. The van der Waals surface area contributed by atoms with Gasteiger partial charge in [0.05, 0.1) is 11.4 Å². The molecule has 1 aliphatic heterocycles. The molecule has 0 bridgehead atoms. The van der Waals surface area contributed by atoms with Gasteiger partial charge in [-0.3, -0.25) is 14.5 Å². The lowest BCUT2D eigenvalue weighted by Gasteiger charge is -2.35. The van der Waals surface area contributed by atoms with Crippen LogP contribution in [0.3, 0.4) is 0 Å². The van der Waals surface area contributed by atoms with Crippen LogP contribution in [0.5, 0.6) is 0 Å². The SMILES string of the molecule is CCN(CC)C(=O)CN1CCN(C(=O)c2cccc(S(=O)(=O)NCc3ccccc3)c2)CC1. The number of likely N-dealkylation sites (N-methyl/N-ethyl adjacent to an activating group) is 1. The molecule has 178 valence electrons. The summed E-state index contributed by atoms with van der Waals surface area (Å²) in [6.07, 6.45) is 0. The smallest absolute Gasteiger partial charge is 0.253 e. The summed E-state index contributed by atoms with van der Waals surface area (Å²) in [7, 11) is -3.75. The van der Waals surface area contributed by atoms with Crippen LogP contribution in [0.1, 0.15) is 29.8 Å². The standard InChI is InChI=1S/C24H32N4O4S/c1-3-27(4-2)23(29)19-26-13-15-28(16-14-26)24(30)21-11-8-12-22(17-21)33(31,32)25-18-20-9-6-5-7-10-20/h5-12,17,25H,3-4,13-16,18-19H2,1-2H3. The van der Waals surface area contributed by atoms with Crippen molar-refractivity contribution in [3.63, 3.8) is 0 Å². The van der Waals surface area contributed by atoms with Crippen molar-refractivity contribution in [2.75, 3.05) is 45.8 Å². The Balaban J connectivity index is 1.59. The first kappa shape index (κ1) is 24.9. The molecule has 3 rings (SSSR count). The minimum atomic E-state index is -3.75. The number of sulfonamides is 1. The number of hydrogen-bond acceptors (Lipinski definition) is 5. The second kappa shape index (κ2) is 11.4. The topological polar surface area (TPSA) is 90.0 Å². The molecule has 0 radical (unpaired) electrons. The predicted molar refractivity (Wildman–Crippen MR) is 127 cm³/mol. The molecule has 9 heteroatoms. The monoisotopic (exact) mass is 472 g/mol. The van der Waals surface area contributed by atoms with Gasteiger partial charge in [-0.2, -0.15) is 0 Å². The summed E-state index contributed by atoms with van der Waals surface area (Å²) < 4.78 is 28.0. The molecule has 0 aliphatic carbocycles. The van der Waals surface area contributed by atoms with E-state index in [1.165, 1.54) is 12.1 Å². The van der Waals surface area contributed by atoms with Crippen LogP contribution in [0.2, 0.25) is 0 Å². The van der Waals surface area contributed by atoms with Gasteiger partial charge in [-0.15, -0.1) is 0 Å². The van der Waals surface area contributed by atoms with Crippen molar-refractivity contribution in [3.05, 3.63) is 65.7 Å². The summed E-state index contributed by atoms with van der Waals surface area (Å²) in [5.41, 5.74) is 1.19. The maximum atomic E-state index is 13.0. The lowest BCUT2D eigenvalue weighted by Crippen LogP contribution is -2.51. The van der Waals surface area contributed by atoms with Crippen molar-refractivity contribution in [1.29, 1.82) is 0 Å². The van der Waals surface area contributed by atoms with Gasteiger partial charge in [0, 0.05) is 51.4 Å². The van der Waals surface area contributed by atoms with Crippen LogP contribution in [0.4, 0.5) is 0 Å². The first-order valence-electron chi connectivity index (χ1n) is 11.3. The van der Waals surface area contributed by atoms with Crippen molar-refractivity contribution in [2.24, 2.45) is 0 Å². The van der Waals surface area contributed by atoms with Gasteiger partial charge in [0.2, 0.25) is 15.9 Å². The van der Waals surface area contributed by atoms with E-state index in [4.69, 9.17) is 0 Å². The summed E-state index contributed by atoms with van der Waals surface area (Å²) in [4.78, 5) is 31.0. The van der Waals surface area contributed by atoms with E-state index in [1.54, 1.807) is 21.9 Å². The van der Waals surface area contributed by atoms with E-state index in [-0.39, 0.29) is 23.3 Å². The van der Waals surface area contributed by atoms with Crippen molar-refractivity contribution in [1.82, 2.24) is 19.4 Å². The van der Waals surface area contributed by atoms with E-state index in [0.29, 0.717) is 51.4 Å². The molecule has 8 nitrogen and oxygen atoms in total. The molecule has 0 unspecified atom stereocenters. The van der Waals surface area contributed by atoms with E-state index in [2.05, 4.69) is 9.62 Å². The zero-order valence-electron chi connectivity index (χ0n) is 19.2. The highest BCUT2D eigenvalue weighted by Crippen LogP contribution is 2.15. The van der Waals surface area contributed by atoms with Crippen LogP contribution in [0, 0.1) is 0 Å². The third kappa shape index (κ3) is 6.63. The summed E-state index contributed by atoms with van der Waals surface area (Å²) >= 11 is 0. The Kier molecular flexibility index (Phi) is 8.60. The normalized spacial score (nSPS) is 14.8. The lowest BCUT2D eigenvalue weighted by molar-refractivity contribution is -0.132. The highest BCUT2D eigenvalue weighted by atomic mass is 32.2. The van der Waals surface area contributed by atoms with Gasteiger partial charge in [-0.05, 0) is 37.6 Å². The minimum Gasteiger partial charge on any atom is -0.342 e. The van der Waals surface area contributed by atoms with Crippen molar-refractivity contribution in [3.8, 4) is 0 Å². The van der Waals surface area contributed by atoms with Crippen molar-refractivity contribution in [2.45, 2.75) is 25.3 Å². The number of rotatable bonds is 9. The van der Waals surface area contributed by atoms with E-state index in [1.807, 2.05) is 44.2 Å². The van der Waals surface area contributed by atoms with E-state index < -0.39 is 10.0 Å². The zero-order chi connectivity index (χ0) is 23.8. The van der Waals surface area contributed by atoms with Crippen LogP contribution in [0.25, 0.3) is 0 Å². The van der Waals surface area contributed by atoms with Crippen molar-refractivity contribution >= 4 is 21.8 Å². The maximum Gasteiger partial charge on any atom is 0.253 e. The van der Waals surface area contributed by atoms with Gasteiger partial charge in [-0.1, -0.05) is 36.4 Å². The predicted octanol–water partition coefficient (Wildman–Crippen LogP) is 1.79. The molecule has 2 amide bonds. The molecule has 2 aromatic carbocycles. The Morgan fingerprint density at radius 2 is 1.61 bits per heavy atom. The maximum absolute atomic E-state index is 13.0. The second-order valence-electron chi connectivity index (χ2n) is 7.97. The van der Waals surface area contributed by atoms with Crippen LogP contribution in [-0.2, 0) is 21.4 Å². The third-order valence-electron chi connectivity index (χ3n) is 5.83. The highest BCUT2D eigenvalue weighted by molar-refractivity contribution is 7.89. The Hall–Kier alpha value is -2.75. The van der Waals surface area contributed by atoms with Gasteiger partial charge >= 0.3 is 0 Å². The molecule has 1 N–H and O–H groups in total. The van der Waals surface area contributed by atoms with Gasteiger partial charge in [0.1, 0.15) is 0 Å². The average molecular weight is 473 g/mol.